The van der Waals surface area contributed by atoms with Crippen LogP contribution in [0.1, 0.15) is 6.92 Å². The third-order valence-corrected chi connectivity index (χ3v) is 7.32. The van der Waals surface area contributed by atoms with Gasteiger partial charge < -0.3 is 14.8 Å². The molecule has 3 rings (SSSR count). The maximum absolute atomic E-state index is 12.8. The van der Waals surface area contributed by atoms with Crippen LogP contribution < -0.4 is 19.5 Å². The molecule has 174 valence electrons. The summed E-state index contributed by atoms with van der Waals surface area (Å²) < 4.78 is 38.5. The zero-order valence-electron chi connectivity index (χ0n) is 18.2. The molecule has 1 atom stereocenters. The number of ether oxygens (including phenoxy) is 2. The van der Waals surface area contributed by atoms with Crippen molar-refractivity contribution in [3.8, 4) is 11.5 Å². The summed E-state index contributed by atoms with van der Waals surface area (Å²) in [6.07, 6.45) is 0. The molecule has 0 aliphatic carbocycles. The van der Waals surface area contributed by atoms with Crippen molar-refractivity contribution in [3.05, 3.63) is 71.8 Å². The molecule has 33 heavy (non-hydrogen) atoms. The van der Waals surface area contributed by atoms with Crippen molar-refractivity contribution in [3.63, 3.8) is 0 Å². The maximum Gasteiger partial charge on any atom is 0.262 e. The fraction of sp³-hybridized carbons (Fsp3) is 0.174. The summed E-state index contributed by atoms with van der Waals surface area (Å²) in [4.78, 5) is 13.5. The predicted molar refractivity (Wildman–Crippen MR) is 132 cm³/mol. The number of benzene rings is 3. The van der Waals surface area contributed by atoms with E-state index in [1.807, 2.05) is 12.1 Å². The number of anilines is 2. The van der Waals surface area contributed by atoms with E-state index < -0.39 is 10.0 Å². The number of nitrogens with one attached hydrogen (secondary N) is 2. The lowest BCUT2D eigenvalue weighted by Crippen LogP contribution is -2.22. The van der Waals surface area contributed by atoms with Crippen LogP contribution in [-0.4, -0.2) is 33.8 Å². The molecule has 3 aromatic rings. The van der Waals surface area contributed by atoms with Crippen molar-refractivity contribution in [1.82, 2.24) is 0 Å². The number of carbonyl (C=O) groups excluding carboxylic acids is 1. The fourth-order valence-electron chi connectivity index (χ4n) is 2.83. The molecule has 0 aromatic heterocycles. The van der Waals surface area contributed by atoms with E-state index in [1.165, 1.54) is 56.3 Å². The Morgan fingerprint density at radius 3 is 2.24 bits per heavy atom. The van der Waals surface area contributed by atoms with Crippen molar-refractivity contribution in [1.29, 1.82) is 0 Å². The Morgan fingerprint density at radius 1 is 0.970 bits per heavy atom. The lowest BCUT2D eigenvalue weighted by atomic mass is 10.3. The van der Waals surface area contributed by atoms with E-state index in [4.69, 9.17) is 21.1 Å². The first-order chi connectivity index (χ1) is 15.7. The van der Waals surface area contributed by atoms with E-state index in [0.29, 0.717) is 22.2 Å². The first-order valence-electron chi connectivity index (χ1n) is 9.80. The molecule has 0 radical (unpaired) electrons. The van der Waals surface area contributed by atoms with Crippen LogP contribution in [-0.2, 0) is 14.8 Å². The molecule has 0 heterocycles. The predicted octanol–water partition coefficient (Wildman–Crippen LogP) is 5.28. The number of sulfonamides is 1. The smallest absolute Gasteiger partial charge is 0.262 e. The molecule has 0 saturated carbocycles. The summed E-state index contributed by atoms with van der Waals surface area (Å²) in [7, 11) is -0.954. The highest BCUT2D eigenvalue weighted by Crippen LogP contribution is 2.31. The molecule has 0 spiro atoms. The number of hydrogen-bond donors (Lipinski definition) is 2. The first-order valence-corrected chi connectivity index (χ1v) is 12.5. The topological polar surface area (TPSA) is 93.7 Å². The van der Waals surface area contributed by atoms with Crippen LogP contribution in [0, 0.1) is 0 Å². The van der Waals surface area contributed by atoms with Gasteiger partial charge in [-0.05, 0) is 67.6 Å². The molecule has 7 nitrogen and oxygen atoms in total. The number of halogens is 1. The van der Waals surface area contributed by atoms with Gasteiger partial charge in [-0.1, -0.05) is 11.6 Å². The Balaban J connectivity index is 1.67. The molecule has 0 aliphatic heterocycles. The normalized spacial score (nSPS) is 12.0. The monoisotopic (exact) mass is 506 g/mol. The Morgan fingerprint density at radius 2 is 1.64 bits per heavy atom. The molecule has 1 unspecified atom stereocenters. The van der Waals surface area contributed by atoms with Gasteiger partial charge in [0.1, 0.15) is 11.5 Å². The van der Waals surface area contributed by atoms with Crippen molar-refractivity contribution in [2.24, 2.45) is 0 Å². The fourth-order valence-corrected chi connectivity index (χ4v) is 4.88. The van der Waals surface area contributed by atoms with Crippen LogP contribution in [0.4, 0.5) is 11.4 Å². The minimum atomic E-state index is -3.89. The standard InChI is InChI=1S/C23H23ClN2O5S2/c1-15(32-19-9-4-16(24)5-10-19)23(27)25-17-6-11-20(12-7-17)33(28,29)26-21-14-18(30-2)8-13-22(21)31-3/h4-15,26H,1-3H3,(H,25,27). The average Bonchev–Trinajstić information content (AvgIpc) is 2.80. The summed E-state index contributed by atoms with van der Waals surface area (Å²) in [5.41, 5.74) is 0.740. The molecule has 10 heteroatoms. The van der Waals surface area contributed by atoms with Crippen molar-refractivity contribution < 1.29 is 22.7 Å². The van der Waals surface area contributed by atoms with Gasteiger partial charge in [0.05, 0.1) is 30.1 Å². The van der Waals surface area contributed by atoms with Crippen LogP contribution in [0.3, 0.4) is 0 Å². The second-order valence-electron chi connectivity index (χ2n) is 6.90. The third-order valence-electron chi connectivity index (χ3n) is 4.58. The van der Waals surface area contributed by atoms with Crippen molar-refractivity contribution in [2.45, 2.75) is 22.0 Å². The number of carbonyl (C=O) groups is 1. The van der Waals surface area contributed by atoms with Crippen LogP contribution in [0.25, 0.3) is 0 Å². The van der Waals surface area contributed by atoms with E-state index in [9.17, 15) is 13.2 Å². The zero-order chi connectivity index (χ0) is 24.0. The lowest BCUT2D eigenvalue weighted by molar-refractivity contribution is -0.115. The largest absolute Gasteiger partial charge is 0.497 e. The van der Waals surface area contributed by atoms with Gasteiger partial charge in [-0.3, -0.25) is 9.52 Å². The minimum absolute atomic E-state index is 0.0361. The molecule has 0 fully saturated rings. The first kappa shape index (κ1) is 24.8. The number of hydrogen-bond acceptors (Lipinski definition) is 6. The molecule has 0 saturated heterocycles. The van der Waals surface area contributed by atoms with Gasteiger partial charge in [0.15, 0.2) is 0 Å². The van der Waals surface area contributed by atoms with Gasteiger partial charge in [0.25, 0.3) is 10.0 Å². The summed E-state index contributed by atoms with van der Waals surface area (Å²) in [6.45, 7) is 1.79. The van der Waals surface area contributed by atoms with Crippen LogP contribution in [0.2, 0.25) is 5.02 Å². The SMILES string of the molecule is COc1ccc(OC)c(NS(=O)(=O)c2ccc(NC(=O)C(C)Sc3ccc(Cl)cc3)cc2)c1. The van der Waals surface area contributed by atoms with Gasteiger partial charge >= 0.3 is 0 Å². The van der Waals surface area contributed by atoms with Crippen LogP contribution >= 0.6 is 23.4 Å². The van der Waals surface area contributed by atoms with Crippen molar-refractivity contribution >= 4 is 50.7 Å². The Hall–Kier alpha value is -2.88. The number of rotatable bonds is 9. The van der Waals surface area contributed by atoms with E-state index in [1.54, 1.807) is 31.2 Å². The highest BCUT2D eigenvalue weighted by atomic mass is 35.5. The molecule has 3 aromatic carbocycles. The van der Waals surface area contributed by atoms with E-state index in [0.717, 1.165) is 4.90 Å². The van der Waals surface area contributed by atoms with Gasteiger partial charge in [-0.25, -0.2) is 8.42 Å². The third kappa shape index (κ3) is 6.56. The molecule has 0 bridgehead atoms. The molecular formula is C23H23ClN2O5S2. The molecule has 2 N–H and O–H groups in total. The second kappa shape index (κ2) is 10.8. The maximum atomic E-state index is 12.8. The van der Waals surface area contributed by atoms with Crippen LogP contribution in [0.15, 0.2) is 76.5 Å². The Labute approximate surface area is 202 Å². The average molecular weight is 507 g/mol. The molecule has 0 aliphatic rings. The summed E-state index contributed by atoms with van der Waals surface area (Å²) in [6, 6.07) is 17.9. The molecule has 1 amide bonds. The lowest BCUT2D eigenvalue weighted by Gasteiger charge is -2.14. The molecular weight excluding hydrogens is 484 g/mol. The van der Waals surface area contributed by atoms with Gasteiger partial charge in [-0.2, -0.15) is 0 Å². The Kier molecular flexibility index (Phi) is 8.12. The van der Waals surface area contributed by atoms with E-state index in [2.05, 4.69) is 10.0 Å². The van der Waals surface area contributed by atoms with E-state index >= 15 is 0 Å². The quantitative estimate of drug-likeness (QED) is 0.384. The number of thioether (sulfide) groups is 1. The van der Waals surface area contributed by atoms with Gasteiger partial charge in [0.2, 0.25) is 5.91 Å². The summed E-state index contributed by atoms with van der Waals surface area (Å²) in [5, 5.41) is 3.06. The van der Waals surface area contributed by atoms with Gasteiger partial charge in [-0.15, -0.1) is 11.8 Å². The highest BCUT2D eigenvalue weighted by Gasteiger charge is 2.19. The van der Waals surface area contributed by atoms with Crippen LogP contribution in [0.5, 0.6) is 11.5 Å². The number of amides is 1. The second-order valence-corrected chi connectivity index (χ2v) is 10.4. The zero-order valence-corrected chi connectivity index (χ0v) is 20.6. The van der Waals surface area contributed by atoms with Gasteiger partial charge in [0, 0.05) is 21.7 Å². The summed E-state index contributed by atoms with van der Waals surface area (Å²) in [5.74, 6) is 0.636. The highest BCUT2D eigenvalue weighted by molar-refractivity contribution is 8.00. The number of methoxy groups -OCH3 is 2. The minimum Gasteiger partial charge on any atom is -0.497 e. The summed E-state index contributed by atoms with van der Waals surface area (Å²) >= 11 is 7.29. The van der Waals surface area contributed by atoms with Crippen molar-refractivity contribution in [2.75, 3.05) is 24.3 Å². The van der Waals surface area contributed by atoms with E-state index in [-0.39, 0.29) is 21.7 Å². The Bertz CT molecular complexity index is 1220.